The summed E-state index contributed by atoms with van der Waals surface area (Å²) < 4.78 is 16.8. The molecule has 0 aromatic heterocycles. The van der Waals surface area contributed by atoms with Crippen LogP contribution in [0, 0.1) is 0 Å². The minimum atomic E-state index is -0.548. The van der Waals surface area contributed by atoms with Crippen LogP contribution in [0.5, 0.6) is 5.75 Å². The molecule has 0 atom stereocenters. The monoisotopic (exact) mass is 402 g/mol. The second-order valence-corrected chi connectivity index (χ2v) is 6.48. The van der Waals surface area contributed by atoms with Crippen LogP contribution in [-0.2, 0) is 9.47 Å². The molecule has 0 radical (unpaired) electrons. The predicted octanol–water partition coefficient (Wildman–Crippen LogP) is 4.85. The van der Waals surface area contributed by atoms with Crippen LogP contribution in [0.2, 0.25) is 0 Å². The van der Waals surface area contributed by atoms with Crippen LogP contribution < -0.4 is 15.0 Å². The molecule has 0 aliphatic rings. The third kappa shape index (κ3) is 6.92. The van der Waals surface area contributed by atoms with Gasteiger partial charge in [0, 0.05) is 30.7 Å². The molecule has 0 unspecified atom stereocenters. The summed E-state index contributed by atoms with van der Waals surface area (Å²) in [6.45, 7) is 6.72. The Morgan fingerprint density at radius 2 is 1.75 bits per heavy atom. The number of para-hydroxylation sites is 1. The summed E-state index contributed by atoms with van der Waals surface area (Å²) in [5.41, 5.74) is 1.45. The van der Waals surface area contributed by atoms with Gasteiger partial charge in [-0.25, -0.2) is 4.79 Å². The number of ether oxygens (including phenoxy) is 3. The van der Waals surface area contributed by atoms with E-state index < -0.39 is 12.4 Å². The molecule has 0 aliphatic carbocycles. The second-order valence-electron chi connectivity index (χ2n) is 5.86. The van der Waals surface area contributed by atoms with Crippen molar-refractivity contribution in [1.29, 1.82) is 0 Å². The van der Waals surface area contributed by atoms with Crippen LogP contribution in [0.15, 0.2) is 54.6 Å². The van der Waals surface area contributed by atoms with Crippen molar-refractivity contribution in [3.8, 4) is 5.75 Å². The first-order valence-corrected chi connectivity index (χ1v) is 9.59. The van der Waals surface area contributed by atoms with Gasteiger partial charge in [-0.15, -0.1) is 0 Å². The summed E-state index contributed by atoms with van der Waals surface area (Å²) in [4.78, 5) is 15.1. The highest BCUT2D eigenvalue weighted by Gasteiger charge is 2.23. The Balaban J connectivity index is 2.20. The van der Waals surface area contributed by atoms with Crippen molar-refractivity contribution >= 4 is 34.7 Å². The number of benzene rings is 2. The van der Waals surface area contributed by atoms with Gasteiger partial charge in [-0.3, -0.25) is 4.90 Å². The van der Waals surface area contributed by atoms with Crippen molar-refractivity contribution in [1.82, 2.24) is 0 Å². The largest absolute Gasteiger partial charge is 0.419 e. The molecule has 7 heteroatoms. The highest BCUT2D eigenvalue weighted by molar-refractivity contribution is 7.80. The van der Waals surface area contributed by atoms with E-state index in [2.05, 4.69) is 5.32 Å². The molecule has 1 amide bonds. The standard InChI is InChI=1S/C21H26N2O4S/c1-4-25-20(26-5-2)15-23(18-11-7-6-8-12-18)21(24)27-19-13-9-10-17(14-19)22-16(3)28/h6-14,20H,4-5,15H2,1-3H3,(H,22,28). The molecule has 2 aromatic rings. The molecule has 0 fully saturated rings. The van der Waals surface area contributed by atoms with E-state index in [0.29, 0.717) is 29.6 Å². The van der Waals surface area contributed by atoms with E-state index in [1.165, 1.54) is 4.90 Å². The molecular weight excluding hydrogens is 376 g/mol. The molecular formula is C21H26N2O4S. The Morgan fingerprint density at radius 3 is 2.36 bits per heavy atom. The molecule has 28 heavy (non-hydrogen) atoms. The molecule has 2 rings (SSSR count). The average molecular weight is 403 g/mol. The van der Waals surface area contributed by atoms with Crippen LogP contribution in [0.1, 0.15) is 20.8 Å². The van der Waals surface area contributed by atoms with Crippen molar-refractivity contribution < 1.29 is 19.0 Å². The quantitative estimate of drug-likeness (QED) is 0.478. The van der Waals surface area contributed by atoms with Crippen molar-refractivity contribution in [2.24, 2.45) is 0 Å². The Hall–Kier alpha value is -2.48. The van der Waals surface area contributed by atoms with Crippen LogP contribution in [0.25, 0.3) is 0 Å². The molecule has 0 spiro atoms. The van der Waals surface area contributed by atoms with E-state index in [-0.39, 0.29) is 6.54 Å². The van der Waals surface area contributed by atoms with E-state index in [0.717, 1.165) is 5.69 Å². The lowest BCUT2D eigenvalue weighted by Gasteiger charge is -2.26. The van der Waals surface area contributed by atoms with Crippen LogP contribution in [0.3, 0.4) is 0 Å². The Bertz CT molecular complexity index is 764. The lowest BCUT2D eigenvalue weighted by Crippen LogP contribution is -2.41. The van der Waals surface area contributed by atoms with E-state index >= 15 is 0 Å². The summed E-state index contributed by atoms with van der Waals surface area (Å²) in [5.74, 6) is 0.413. The number of anilines is 2. The number of carbonyl (C=O) groups excluding carboxylic acids is 1. The van der Waals surface area contributed by atoms with Crippen LogP contribution in [-0.4, -0.2) is 37.1 Å². The fourth-order valence-electron chi connectivity index (χ4n) is 2.56. The highest BCUT2D eigenvalue weighted by Crippen LogP contribution is 2.21. The maximum Gasteiger partial charge on any atom is 0.419 e. The molecule has 0 saturated carbocycles. The number of rotatable bonds is 9. The van der Waals surface area contributed by atoms with Crippen molar-refractivity contribution in [2.45, 2.75) is 27.1 Å². The van der Waals surface area contributed by atoms with E-state index in [9.17, 15) is 4.79 Å². The molecule has 6 nitrogen and oxygen atoms in total. The van der Waals surface area contributed by atoms with Crippen LogP contribution in [0.4, 0.5) is 16.2 Å². The summed E-state index contributed by atoms with van der Waals surface area (Å²) >= 11 is 5.06. The Kier molecular flexibility index (Phi) is 8.87. The normalized spacial score (nSPS) is 10.6. The Labute approximate surface area is 171 Å². The zero-order valence-electron chi connectivity index (χ0n) is 16.4. The van der Waals surface area contributed by atoms with Crippen LogP contribution >= 0.6 is 12.2 Å². The maximum atomic E-state index is 12.9. The highest BCUT2D eigenvalue weighted by atomic mass is 32.1. The number of amides is 1. The van der Waals surface area contributed by atoms with Gasteiger partial charge in [0.25, 0.3) is 0 Å². The summed E-state index contributed by atoms with van der Waals surface area (Å²) in [7, 11) is 0. The van der Waals surface area contributed by atoms with Gasteiger partial charge in [-0.2, -0.15) is 0 Å². The maximum absolute atomic E-state index is 12.9. The molecule has 150 valence electrons. The van der Waals surface area contributed by atoms with Gasteiger partial charge in [0.2, 0.25) is 0 Å². The molecule has 0 saturated heterocycles. The van der Waals surface area contributed by atoms with Gasteiger partial charge in [0.15, 0.2) is 6.29 Å². The number of nitrogens with zero attached hydrogens (tertiary/aromatic N) is 1. The van der Waals surface area contributed by atoms with Gasteiger partial charge in [0.1, 0.15) is 5.75 Å². The SMILES string of the molecule is CCOC(CN(C(=O)Oc1cccc(NC(C)=S)c1)c1ccccc1)OCC. The number of nitrogens with one attached hydrogen (secondary N) is 1. The summed E-state index contributed by atoms with van der Waals surface area (Å²) in [6.07, 6.45) is -1.07. The lowest BCUT2D eigenvalue weighted by atomic mass is 10.3. The van der Waals surface area contributed by atoms with E-state index in [1.54, 1.807) is 25.1 Å². The van der Waals surface area contributed by atoms with Gasteiger partial charge in [-0.1, -0.05) is 36.5 Å². The minimum Gasteiger partial charge on any atom is -0.410 e. The van der Waals surface area contributed by atoms with E-state index in [1.807, 2.05) is 50.2 Å². The summed E-state index contributed by atoms with van der Waals surface area (Å²) in [5, 5.41) is 3.03. The molecule has 0 heterocycles. The van der Waals surface area contributed by atoms with Gasteiger partial charge >= 0.3 is 6.09 Å². The smallest absolute Gasteiger partial charge is 0.410 e. The zero-order valence-corrected chi connectivity index (χ0v) is 17.2. The number of thiocarbonyl (C=S) groups is 1. The fraction of sp³-hybridized carbons (Fsp3) is 0.333. The van der Waals surface area contributed by atoms with Gasteiger partial charge in [0.05, 0.1) is 11.5 Å². The molecule has 2 aromatic carbocycles. The van der Waals surface area contributed by atoms with Crippen molar-refractivity contribution in [3.05, 3.63) is 54.6 Å². The predicted molar refractivity (Wildman–Crippen MR) is 115 cm³/mol. The molecule has 1 N–H and O–H groups in total. The van der Waals surface area contributed by atoms with Crippen molar-refractivity contribution in [3.63, 3.8) is 0 Å². The van der Waals surface area contributed by atoms with Gasteiger partial charge in [-0.05, 0) is 45.0 Å². The number of hydrogen-bond acceptors (Lipinski definition) is 5. The number of hydrogen-bond donors (Lipinski definition) is 1. The lowest BCUT2D eigenvalue weighted by molar-refractivity contribution is -0.128. The zero-order chi connectivity index (χ0) is 20.4. The minimum absolute atomic E-state index is 0.210. The first-order chi connectivity index (χ1) is 13.5. The van der Waals surface area contributed by atoms with Crippen molar-refractivity contribution in [2.75, 3.05) is 30.0 Å². The number of carbonyl (C=O) groups is 1. The molecule has 0 aliphatic heterocycles. The third-order valence-corrected chi connectivity index (χ3v) is 3.79. The third-order valence-electron chi connectivity index (χ3n) is 3.68. The van der Waals surface area contributed by atoms with E-state index in [4.69, 9.17) is 26.4 Å². The fourth-order valence-corrected chi connectivity index (χ4v) is 2.68. The van der Waals surface area contributed by atoms with Gasteiger partial charge < -0.3 is 19.5 Å². The topological polar surface area (TPSA) is 60.0 Å². The Morgan fingerprint density at radius 1 is 1.07 bits per heavy atom. The molecule has 0 bridgehead atoms. The first-order valence-electron chi connectivity index (χ1n) is 9.18. The second kappa shape index (κ2) is 11.4. The first kappa shape index (κ1) is 21.8. The average Bonchev–Trinajstić information content (AvgIpc) is 2.66. The summed E-state index contributed by atoms with van der Waals surface area (Å²) in [6, 6.07) is 16.4.